The Morgan fingerprint density at radius 3 is 2.50 bits per heavy atom. The number of hydrogen-bond acceptors (Lipinski definition) is 4. The summed E-state index contributed by atoms with van der Waals surface area (Å²) in [6.45, 7) is 1.58. The van der Waals surface area contributed by atoms with Crippen molar-refractivity contribution in [3.63, 3.8) is 0 Å². The number of aromatic amines is 2. The monoisotopic (exact) mass is 297 g/mol. The van der Waals surface area contributed by atoms with Gasteiger partial charge in [-0.1, -0.05) is 0 Å². The molecule has 4 N–H and O–H groups in total. The molecule has 2 rings (SSSR count). The Labute approximate surface area is 113 Å². The molecule has 2 aromatic rings. The second-order valence-corrected chi connectivity index (χ2v) is 5.74. The molecule has 0 unspecified atom stereocenters. The number of sulfonamides is 1. The zero-order valence-electron chi connectivity index (χ0n) is 10.3. The predicted molar refractivity (Wildman–Crippen MR) is 70.4 cm³/mol. The Balaban J connectivity index is 2.35. The number of carbonyl (C=O) groups is 1. The quantitative estimate of drug-likeness (QED) is 0.652. The summed E-state index contributed by atoms with van der Waals surface area (Å²) < 4.78 is 26.4. The van der Waals surface area contributed by atoms with Crippen LogP contribution in [0.5, 0.6) is 0 Å². The van der Waals surface area contributed by atoms with Gasteiger partial charge < -0.3 is 15.1 Å². The molecule has 0 aliphatic rings. The van der Waals surface area contributed by atoms with E-state index in [0.29, 0.717) is 5.56 Å². The molecule has 106 valence electrons. The molecule has 0 aromatic carbocycles. The summed E-state index contributed by atoms with van der Waals surface area (Å²) in [6.07, 6.45) is 2.31. The number of rotatable bonds is 4. The van der Waals surface area contributed by atoms with Crippen LogP contribution in [0.25, 0.3) is 0 Å². The van der Waals surface area contributed by atoms with Gasteiger partial charge in [0.05, 0.1) is 5.69 Å². The fourth-order valence-corrected chi connectivity index (χ4v) is 2.65. The van der Waals surface area contributed by atoms with Crippen LogP contribution in [-0.4, -0.2) is 29.5 Å². The molecule has 0 spiro atoms. The minimum Gasteiger partial charge on any atom is -0.477 e. The van der Waals surface area contributed by atoms with Crippen LogP contribution in [0, 0.1) is 6.92 Å². The largest absolute Gasteiger partial charge is 0.477 e. The molecule has 0 amide bonds. The third-order valence-corrected chi connectivity index (χ3v) is 3.92. The molecule has 9 heteroatoms. The van der Waals surface area contributed by atoms with Gasteiger partial charge >= 0.3 is 5.97 Å². The first-order chi connectivity index (χ1) is 9.29. The second kappa shape index (κ2) is 4.85. The Bertz CT molecular complexity index is 819. The minimum absolute atomic E-state index is 0.208. The molecular formula is C11H11N3O5S. The number of anilines is 1. The Morgan fingerprint density at radius 2 is 1.95 bits per heavy atom. The Morgan fingerprint density at radius 1 is 1.25 bits per heavy atom. The molecule has 0 bridgehead atoms. The van der Waals surface area contributed by atoms with E-state index >= 15 is 0 Å². The fraction of sp³-hybridized carbons (Fsp3) is 0.0909. The highest BCUT2D eigenvalue weighted by Crippen LogP contribution is 2.18. The second-order valence-electron chi connectivity index (χ2n) is 4.05. The van der Waals surface area contributed by atoms with E-state index in [2.05, 4.69) is 14.7 Å². The SMILES string of the molecule is Cc1cc(=O)[nH]cc1NS(=O)(=O)c1c[nH]c(C(=O)O)c1. The first-order valence-electron chi connectivity index (χ1n) is 5.43. The molecule has 0 fully saturated rings. The van der Waals surface area contributed by atoms with E-state index in [-0.39, 0.29) is 21.8 Å². The van der Waals surface area contributed by atoms with Gasteiger partial charge in [-0.2, -0.15) is 0 Å². The van der Waals surface area contributed by atoms with E-state index in [9.17, 15) is 18.0 Å². The summed E-state index contributed by atoms with van der Waals surface area (Å²) in [4.78, 5) is 26.2. The Hall–Kier alpha value is -2.55. The van der Waals surface area contributed by atoms with E-state index < -0.39 is 16.0 Å². The number of H-pyrrole nitrogens is 2. The highest BCUT2D eigenvalue weighted by molar-refractivity contribution is 7.92. The van der Waals surface area contributed by atoms with Crippen LogP contribution in [0.3, 0.4) is 0 Å². The lowest BCUT2D eigenvalue weighted by Gasteiger charge is -2.08. The number of aryl methyl sites for hydroxylation is 1. The van der Waals surface area contributed by atoms with Crippen molar-refractivity contribution in [2.24, 2.45) is 0 Å². The number of nitrogens with one attached hydrogen (secondary N) is 3. The van der Waals surface area contributed by atoms with Gasteiger partial charge in [0.25, 0.3) is 10.0 Å². The van der Waals surface area contributed by atoms with Gasteiger partial charge in [0.2, 0.25) is 5.56 Å². The van der Waals surface area contributed by atoms with Crippen LogP contribution >= 0.6 is 0 Å². The van der Waals surface area contributed by atoms with Gasteiger partial charge in [-0.15, -0.1) is 0 Å². The third kappa shape index (κ3) is 2.72. The summed E-state index contributed by atoms with van der Waals surface area (Å²) in [5, 5.41) is 8.74. The van der Waals surface area contributed by atoms with Crippen molar-refractivity contribution >= 4 is 21.7 Å². The topological polar surface area (TPSA) is 132 Å². The number of carboxylic acid groups (broad SMARTS) is 1. The molecule has 0 saturated carbocycles. The van der Waals surface area contributed by atoms with Crippen LogP contribution in [-0.2, 0) is 10.0 Å². The van der Waals surface area contributed by atoms with Crippen molar-refractivity contribution < 1.29 is 18.3 Å². The first kappa shape index (κ1) is 13.9. The number of carboxylic acids is 1. The summed E-state index contributed by atoms with van der Waals surface area (Å²) in [6, 6.07) is 2.25. The van der Waals surface area contributed by atoms with Crippen molar-refractivity contribution in [2.45, 2.75) is 11.8 Å². The number of aromatic carboxylic acids is 1. The van der Waals surface area contributed by atoms with Crippen molar-refractivity contribution in [1.82, 2.24) is 9.97 Å². The van der Waals surface area contributed by atoms with Gasteiger partial charge in [-0.25, -0.2) is 13.2 Å². The van der Waals surface area contributed by atoms with E-state index in [4.69, 9.17) is 5.11 Å². The average molecular weight is 297 g/mol. The zero-order valence-corrected chi connectivity index (χ0v) is 11.1. The van der Waals surface area contributed by atoms with Crippen LogP contribution in [0.4, 0.5) is 5.69 Å². The average Bonchev–Trinajstić information content (AvgIpc) is 2.83. The van der Waals surface area contributed by atoms with Crippen LogP contribution in [0.1, 0.15) is 16.1 Å². The lowest BCUT2D eigenvalue weighted by molar-refractivity contribution is 0.0691. The van der Waals surface area contributed by atoms with Gasteiger partial charge in [0.15, 0.2) is 0 Å². The molecule has 8 nitrogen and oxygen atoms in total. The van der Waals surface area contributed by atoms with Crippen LogP contribution < -0.4 is 10.3 Å². The minimum atomic E-state index is -3.93. The van der Waals surface area contributed by atoms with Crippen molar-refractivity contribution in [2.75, 3.05) is 4.72 Å². The summed E-state index contributed by atoms with van der Waals surface area (Å²) in [5.74, 6) is -1.26. The van der Waals surface area contributed by atoms with Gasteiger partial charge in [-0.05, 0) is 18.6 Å². The highest BCUT2D eigenvalue weighted by atomic mass is 32.2. The molecular weight excluding hydrogens is 286 g/mol. The van der Waals surface area contributed by atoms with Crippen LogP contribution in [0.15, 0.2) is 34.2 Å². The fourth-order valence-electron chi connectivity index (χ4n) is 1.54. The molecule has 2 aromatic heterocycles. The van der Waals surface area contributed by atoms with Gasteiger partial charge in [0.1, 0.15) is 10.6 Å². The van der Waals surface area contributed by atoms with E-state index in [1.165, 1.54) is 12.3 Å². The lowest BCUT2D eigenvalue weighted by atomic mass is 10.3. The molecule has 0 aliphatic carbocycles. The normalized spacial score (nSPS) is 11.2. The van der Waals surface area contributed by atoms with E-state index in [1.807, 2.05) is 0 Å². The zero-order chi connectivity index (χ0) is 14.9. The van der Waals surface area contributed by atoms with Gasteiger partial charge in [0, 0.05) is 18.5 Å². The standard InChI is InChI=1S/C11H11N3O5S/c1-6-2-10(15)13-5-9(6)14-20(18,19)7-3-8(11(16)17)12-4-7/h2-5,12,14H,1H3,(H,13,15)(H,16,17). The molecule has 0 saturated heterocycles. The van der Waals surface area contributed by atoms with Crippen molar-refractivity contribution in [1.29, 1.82) is 0 Å². The highest BCUT2D eigenvalue weighted by Gasteiger charge is 2.19. The maximum atomic E-state index is 12.1. The smallest absolute Gasteiger partial charge is 0.352 e. The number of hydrogen-bond donors (Lipinski definition) is 4. The third-order valence-electron chi connectivity index (χ3n) is 2.57. The maximum absolute atomic E-state index is 12.1. The maximum Gasteiger partial charge on any atom is 0.352 e. The molecule has 2 heterocycles. The van der Waals surface area contributed by atoms with Crippen LogP contribution in [0.2, 0.25) is 0 Å². The van der Waals surface area contributed by atoms with E-state index in [0.717, 1.165) is 12.3 Å². The lowest BCUT2D eigenvalue weighted by Crippen LogP contribution is -2.15. The number of pyridine rings is 1. The predicted octanol–water partition coefficient (Wildman–Crippen LogP) is 0.510. The van der Waals surface area contributed by atoms with Crippen molar-refractivity contribution in [3.05, 3.63) is 46.1 Å². The molecule has 0 atom stereocenters. The molecule has 0 radical (unpaired) electrons. The molecule has 20 heavy (non-hydrogen) atoms. The van der Waals surface area contributed by atoms with Gasteiger partial charge in [-0.3, -0.25) is 9.52 Å². The van der Waals surface area contributed by atoms with E-state index in [1.54, 1.807) is 6.92 Å². The molecule has 0 aliphatic heterocycles. The summed E-state index contributed by atoms with van der Waals surface area (Å²) in [7, 11) is -3.93. The summed E-state index contributed by atoms with van der Waals surface area (Å²) >= 11 is 0. The first-order valence-corrected chi connectivity index (χ1v) is 6.92. The summed E-state index contributed by atoms with van der Waals surface area (Å²) in [5.41, 5.74) is 0.0813. The number of aromatic nitrogens is 2. The Kier molecular flexibility index (Phi) is 3.36. The van der Waals surface area contributed by atoms with Crippen molar-refractivity contribution in [3.8, 4) is 0 Å².